The Morgan fingerprint density at radius 3 is 2.59 bits per heavy atom. The van der Waals surface area contributed by atoms with Gasteiger partial charge in [0.15, 0.2) is 0 Å². The smallest absolute Gasteiger partial charge is 0.141 e. The quantitative estimate of drug-likeness (QED) is 0.665. The van der Waals surface area contributed by atoms with Gasteiger partial charge in [-0.05, 0) is 58.2 Å². The summed E-state index contributed by atoms with van der Waals surface area (Å²) < 4.78 is 6.80. The Kier molecular flexibility index (Phi) is 4.24. The van der Waals surface area contributed by atoms with Crippen LogP contribution in [-0.2, 0) is 5.33 Å². The van der Waals surface area contributed by atoms with Crippen molar-refractivity contribution in [3.63, 3.8) is 0 Å². The lowest BCUT2D eigenvalue weighted by Gasteiger charge is -2.09. The molecule has 2 aromatic carbocycles. The molecule has 17 heavy (non-hydrogen) atoms. The van der Waals surface area contributed by atoms with E-state index in [2.05, 4.69) is 50.9 Å². The van der Waals surface area contributed by atoms with E-state index in [1.165, 1.54) is 11.1 Å². The first-order valence-corrected chi connectivity index (χ1v) is 7.19. The molecule has 0 unspecified atom stereocenters. The second-order valence-electron chi connectivity index (χ2n) is 3.82. The van der Waals surface area contributed by atoms with E-state index < -0.39 is 0 Å². The van der Waals surface area contributed by atoms with E-state index >= 15 is 0 Å². The number of aryl methyl sites for hydroxylation is 1. The lowest BCUT2D eigenvalue weighted by molar-refractivity contribution is 0.479. The molecular weight excluding hydrogens is 344 g/mol. The number of halogens is 2. The summed E-state index contributed by atoms with van der Waals surface area (Å²) in [6, 6.07) is 14.1. The second kappa shape index (κ2) is 5.69. The Morgan fingerprint density at radius 1 is 1.12 bits per heavy atom. The fraction of sp³-hybridized carbons (Fsp3) is 0.143. The van der Waals surface area contributed by atoms with Crippen molar-refractivity contribution in [3.8, 4) is 11.5 Å². The van der Waals surface area contributed by atoms with Crippen LogP contribution in [0.2, 0.25) is 0 Å². The minimum Gasteiger partial charge on any atom is -0.456 e. The molecule has 0 aromatic heterocycles. The standard InChI is InChI=1S/C14H12Br2O/c1-10-3-2-4-12(7-10)17-14-6-5-11(9-15)8-13(14)16/h2-8H,9H2,1H3. The molecule has 3 heteroatoms. The van der Waals surface area contributed by atoms with E-state index in [-0.39, 0.29) is 0 Å². The highest BCUT2D eigenvalue weighted by Gasteiger charge is 2.03. The number of alkyl halides is 1. The summed E-state index contributed by atoms with van der Waals surface area (Å²) in [5.41, 5.74) is 2.41. The maximum Gasteiger partial charge on any atom is 0.141 e. The van der Waals surface area contributed by atoms with E-state index in [0.29, 0.717) is 0 Å². The van der Waals surface area contributed by atoms with Crippen molar-refractivity contribution in [2.24, 2.45) is 0 Å². The van der Waals surface area contributed by atoms with Gasteiger partial charge in [-0.1, -0.05) is 34.1 Å². The summed E-state index contributed by atoms with van der Waals surface area (Å²) >= 11 is 6.95. The van der Waals surface area contributed by atoms with Crippen molar-refractivity contribution in [2.45, 2.75) is 12.3 Å². The molecule has 2 aromatic rings. The van der Waals surface area contributed by atoms with Crippen molar-refractivity contribution < 1.29 is 4.74 Å². The zero-order valence-corrected chi connectivity index (χ0v) is 12.6. The highest BCUT2D eigenvalue weighted by atomic mass is 79.9. The molecule has 0 saturated carbocycles. The van der Waals surface area contributed by atoms with Gasteiger partial charge in [0.25, 0.3) is 0 Å². The van der Waals surface area contributed by atoms with Crippen molar-refractivity contribution in [2.75, 3.05) is 0 Å². The SMILES string of the molecule is Cc1cccc(Oc2ccc(CBr)cc2Br)c1. The maximum absolute atomic E-state index is 5.83. The first-order valence-electron chi connectivity index (χ1n) is 5.28. The molecule has 0 saturated heterocycles. The Labute approximate surface area is 118 Å². The van der Waals surface area contributed by atoms with Crippen molar-refractivity contribution >= 4 is 31.9 Å². The van der Waals surface area contributed by atoms with Gasteiger partial charge in [0, 0.05) is 5.33 Å². The molecule has 0 aliphatic carbocycles. The van der Waals surface area contributed by atoms with E-state index in [1.54, 1.807) is 0 Å². The predicted molar refractivity (Wildman–Crippen MR) is 78.0 cm³/mol. The summed E-state index contributed by atoms with van der Waals surface area (Å²) in [5.74, 6) is 1.69. The van der Waals surface area contributed by atoms with Gasteiger partial charge in [-0.15, -0.1) is 0 Å². The third kappa shape index (κ3) is 3.33. The zero-order chi connectivity index (χ0) is 12.3. The molecule has 0 aliphatic heterocycles. The van der Waals surface area contributed by atoms with E-state index in [9.17, 15) is 0 Å². The number of hydrogen-bond donors (Lipinski definition) is 0. The van der Waals surface area contributed by atoms with E-state index in [4.69, 9.17) is 4.74 Å². The fourth-order valence-electron chi connectivity index (χ4n) is 1.52. The summed E-state index contributed by atoms with van der Waals surface area (Å²) in [5, 5.41) is 0.844. The van der Waals surface area contributed by atoms with Gasteiger partial charge >= 0.3 is 0 Å². The molecular formula is C14H12Br2O. The van der Waals surface area contributed by atoms with Gasteiger partial charge in [-0.2, -0.15) is 0 Å². The van der Waals surface area contributed by atoms with Crippen LogP contribution in [0.15, 0.2) is 46.9 Å². The number of rotatable bonds is 3. The summed E-state index contributed by atoms with van der Waals surface area (Å²) in [6.07, 6.45) is 0. The summed E-state index contributed by atoms with van der Waals surface area (Å²) in [7, 11) is 0. The van der Waals surface area contributed by atoms with Crippen LogP contribution >= 0.6 is 31.9 Å². The Hall–Kier alpha value is -0.800. The normalized spacial score (nSPS) is 10.3. The van der Waals surface area contributed by atoms with Gasteiger partial charge in [-0.3, -0.25) is 0 Å². The van der Waals surface area contributed by atoms with Crippen LogP contribution in [-0.4, -0.2) is 0 Å². The van der Waals surface area contributed by atoms with E-state index in [0.717, 1.165) is 21.3 Å². The minimum atomic E-state index is 0.834. The minimum absolute atomic E-state index is 0.834. The number of benzene rings is 2. The maximum atomic E-state index is 5.83. The van der Waals surface area contributed by atoms with Crippen molar-refractivity contribution in [1.82, 2.24) is 0 Å². The molecule has 2 rings (SSSR count). The van der Waals surface area contributed by atoms with Crippen LogP contribution in [0.5, 0.6) is 11.5 Å². The van der Waals surface area contributed by atoms with Crippen LogP contribution in [0.3, 0.4) is 0 Å². The first kappa shape index (κ1) is 12.7. The Bertz CT molecular complexity index is 523. The van der Waals surface area contributed by atoms with E-state index in [1.807, 2.05) is 30.3 Å². The average Bonchev–Trinajstić information content (AvgIpc) is 2.32. The monoisotopic (exact) mass is 354 g/mol. The molecule has 0 amide bonds. The van der Waals surface area contributed by atoms with Crippen molar-refractivity contribution in [1.29, 1.82) is 0 Å². The highest BCUT2D eigenvalue weighted by Crippen LogP contribution is 2.31. The molecule has 0 atom stereocenters. The third-order valence-corrected chi connectivity index (χ3v) is 3.64. The van der Waals surface area contributed by atoms with Gasteiger partial charge in [0.1, 0.15) is 11.5 Å². The van der Waals surface area contributed by atoms with Crippen LogP contribution < -0.4 is 4.74 Å². The third-order valence-electron chi connectivity index (χ3n) is 2.37. The molecule has 0 bridgehead atoms. The number of hydrogen-bond acceptors (Lipinski definition) is 1. The number of ether oxygens (including phenoxy) is 1. The molecule has 0 spiro atoms. The average molecular weight is 356 g/mol. The largest absolute Gasteiger partial charge is 0.456 e. The molecule has 0 aliphatic rings. The highest BCUT2D eigenvalue weighted by molar-refractivity contribution is 9.10. The molecule has 1 nitrogen and oxygen atoms in total. The van der Waals surface area contributed by atoms with Gasteiger partial charge in [-0.25, -0.2) is 0 Å². The first-order chi connectivity index (χ1) is 8.19. The summed E-state index contributed by atoms with van der Waals surface area (Å²) in [6.45, 7) is 2.05. The molecule has 88 valence electrons. The molecule has 0 radical (unpaired) electrons. The lowest BCUT2D eigenvalue weighted by atomic mass is 10.2. The van der Waals surface area contributed by atoms with Crippen LogP contribution in [0, 0.1) is 6.92 Å². The topological polar surface area (TPSA) is 9.23 Å². The fourth-order valence-corrected chi connectivity index (χ4v) is 2.37. The van der Waals surface area contributed by atoms with Crippen LogP contribution in [0.25, 0.3) is 0 Å². The lowest BCUT2D eigenvalue weighted by Crippen LogP contribution is -1.87. The van der Waals surface area contributed by atoms with Crippen LogP contribution in [0.4, 0.5) is 0 Å². The van der Waals surface area contributed by atoms with Crippen LogP contribution in [0.1, 0.15) is 11.1 Å². The zero-order valence-electron chi connectivity index (χ0n) is 9.41. The van der Waals surface area contributed by atoms with Gasteiger partial charge in [0.2, 0.25) is 0 Å². The van der Waals surface area contributed by atoms with Gasteiger partial charge in [0.05, 0.1) is 4.47 Å². The Balaban J connectivity index is 2.24. The van der Waals surface area contributed by atoms with Crippen molar-refractivity contribution in [3.05, 3.63) is 58.1 Å². The summed E-state index contributed by atoms with van der Waals surface area (Å²) in [4.78, 5) is 0. The molecule has 0 heterocycles. The second-order valence-corrected chi connectivity index (χ2v) is 5.23. The van der Waals surface area contributed by atoms with Gasteiger partial charge < -0.3 is 4.74 Å². The molecule has 0 N–H and O–H groups in total. The molecule has 0 fully saturated rings. The predicted octanol–water partition coefficient (Wildman–Crippen LogP) is 5.44. The Morgan fingerprint density at radius 2 is 1.94 bits per heavy atom.